The van der Waals surface area contributed by atoms with E-state index in [0.29, 0.717) is 11.5 Å². The third kappa shape index (κ3) is 4.08. The zero-order valence-corrected chi connectivity index (χ0v) is 13.9. The second-order valence-electron chi connectivity index (χ2n) is 5.86. The summed E-state index contributed by atoms with van der Waals surface area (Å²) in [5.41, 5.74) is 0.679. The molecule has 8 nitrogen and oxygen atoms in total. The van der Waals surface area contributed by atoms with Crippen molar-refractivity contribution >= 4 is 11.7 Å². The molecule has 2 amide bonds. The van der Waals surface area contributed by atoms with Crippen LogP contribution in [0.25, 0.3) is 5.82 Å². The number of carbonyl (C=O) groups excluding carboxylic acids is 1. The highest BCUT2D eigenvalue weighted by Gasteiger charge is 2.18. The minimum Gasteiger partial charge on any atom is -0.323 e. The number of nitrogens with one attached hydrogen (secondary N) is 1. The van der Waals surface area contributed by atoms with E-state index in [9.17, 15) is 4.79 Å². The lowest BCUT2D eigenvalue weighted by Gasteiger charge is -2.22. The van der Waals surface area contributed by atoms with Crippen molar-refractivity contribution < 1.29 is 4.79 Å². The number of nitrogens with zero attached hydrogens (tertiary/aromatic N) is 6. The van der Waals surface area contributed by atoms with Crippen molar-refractivity contribution in [2.24, 2.45) is 0 Å². The summed E-state index contributed by atoms with van der Waals surface area (Å²) in [6.45, 7) is 6.83. The Morgan fingerprint density at radius 1 is 1.25 bits per heavy atom. The van der Waals surface area contributed by atoms with Crippen molar-refractivity contribution in [3.05, 3.63) is 31.0 Å². The maximum absolute atomic E-state index is 12.4. The number of urea groups is 1. The Hall–Kier alpha value is -2.48. The molecule has 128 valence electrons. The van der Waals surface area contributed by atoms with Crippen LogP contribution < -0.4 is 5.32 Å². The third-order valence-corrected chi connectivity index (χ3v) is 4.07. The lowest BCUT2D eigenvalue weighted by molar-refractivity contribution is 0.211. The molecule has 3 rings (SSSR count). The molecule has 1 aliphatic heterocycles. The zero-order valence-electron chi connectivity index (χ0n) is 13.9. The van der Waals surface area contributed by atoms with Crippen LogP contribution in [-0.2, 0) is 0 Å². The van der Waals surface area contributed by atoms with Gasteiger partial charge in [-0.3, -0.25) is 0 Å². The molecule has 2 aromatic rings. The number of hydrogen-bond donors (Lipinski definition) is 1. The van der Waals surface area contributed by atoms with Gasteiger partial charge in [0.15, 0.2) is 5.82 Å². The molecule has 8 heteroatoms. The fourth-order valence-electron chi connectivity index (χ4n) is 2.84. The van der Waals surface area contributed by atoms with Crippen LogP contribution >= 0.6 is 0 Å². The van der Waals surface area contributed by atoms with Crippen LogP contribution in [0.2, 0.25) is 0 Å². The van der Waals surface area contributed by atoms with Crippen molar-refractivity contribution in [1.82, 2.24) is 29.5 Å². The van der Waals surface area contributed by atoms with E-state index in [1.54, 1.807) is 23.3 Å². The van der Waals surface area contributed by atoms with Crippen LogP contribution in [0.5, 0.6) is 0 Å². The minimum absolute atomic E-state index is 0.0661. The molecule has 0 unspecified atom stereocenters. The first-order valence-corrected chi connectivity index (χ1v) is 8.35. The molecule has 0 bridgehead atoms. The number of amides is 2. The second kappa shape index (κ2) is 7.87. The molecule has 24 heavy (non-hydrogen) atoms. The number of rotatable bonds is 4. The Morgan fingerprint density at radius 2 is 2.17 bits per heavy atom. The van der Waals surface area contributed by atoms with Gasteiger partial charge in [0.2, 0.25) is 0 Å². The van der Waals surface area contributed by atoms with Gasteiger partial charge in [0.25, 0.3) is 0 Å². The van der Waals surface area contributed by atoms with Gasteiger partial charge in [-0.05, 0) is 38.1 Å². The molecule has 1 fully saturated rings. The Labute approximate surface area is 141 Å². The number of pyridine rings is 1. The van der Waals surface area contributed by atoms with Gasteiger partial charge in [-0.25, -0.2) is 19.4 Å². The van der Waals surface area contributed by atoms with Gasteiger partial charge in [-0.1, -0.05) is 6.92 Å². The third-order valence-electron chi connectivity index (χ3n) is 4.07. The summed E-state index contributed by atoms with van der Waals surface area (Å²) in [5, 5.41) is 6.95. The number of carbonyl (C=O) groups is 1. The lowest BCUT2D eigenvalue weighted by atomic mass is 10.3. The van der Waals surface area contributed by atoms with Crippen LogP contribution in [0.4, 0.5) is 10.5 Å². The summed E-state index contributed by atoms with van der Waals surface area (Å²) in [6, 6.07) is 3.56. The van der Waals surface area contributed by atoms with Crippen molar-refractivity contribution in [3.63, 3.8) is 0 Å². The molecule has 0 saturated carbocycles. The summed E-state index contributed by atoms with van der Waals surface area (Å²) in [7, 11) is 0. The largest absolute Gasteiger partial charge is 0.323 e. The van der Waals surface area contributed by atoms with Crippen molar-refractivity contribution in [2.45, 2.75) is 19.8 Å². The van der Waals surface area contributed by atoms with E-state index in [0.717, 1.165) is 45.6 Å². The molecular weight excluding hydrogens is 306 g/mol. The normalized spacial score (nSPS) is 16.0. The maximum atomic E-state index is 12.4. The zero-order chi connectivity index (χ0) is 16.8. The molecule has 0 spiro atoms. The first-order chi connectivity index (χ1) is 11.8. The Bertz CT molecular complexity index is 641. The maximum Gasteiger partial charge on any atom is 0.321 e. The Kier molecular flexibility index (Phi) is 5.37. The van der Waals surface area contributed by atoms with Crippen LogP contribution in [0, 0.1) is 0 Å². The fourth-order valence-corrected chi connectivity index (χ4v) is 2.84. The Morgan fingerprint density at radius 3 is 2.88 bits per heavy atom. The molecule has 0 atom stereocenters. The fraction of sp³-hybridized carbons (Fsp3) is 0.500. The highest BCUT2D eigenvalue weighted by molar-refractivity contribution is 5.89. The first kappa shape index (κ1) is 16.4. The number of anilines is 1. The standard InChI is InChI=1S/C16H23N7O/c1-2-6-21-7-3-8-22(10-9-21)16(24)20-14-4-5-15(18-11-14)23-13-17-12-19-23/h4-5,11-13H,2-3,6-10H2,1H3,(H,20,24). The monoisotopic (exact) mass is 329 g/mol. The predicted octanol–water partition coefficient (Wildman–Crippen LogP) is 1.61. The number of hydrogen-bond acceptors (Lipinski definition) is 5. The molecule has 1 saturated heterocycles. The van der Waals surface area contributed by atoms with E-state index in [1.807, 2.05) is 11.0 Å². The molecule has 3 heterocycles. The molecule has 0 aliphatic carbocycles. The van der Waals surface area contributed by atoms with Gasteiger partial charge in [0.1, 0.15) is 12.7 Å². The van der Waals surface area contributed by atoms with E-state index in [4.69, 9.17) is 0 Å². The quantitative estimate of drug-likeness (QED) is 0.922. The molecule has 0 aromatic carbocycles. The summed E-state index contributed by atoms with van der Waals surface area (Å²) in [6.07, 6.45) is 6.83. The van der Waals surface area contributed by atoms with Crippen LogP contribution in [0.3, 0.4) is 0 Å². The molecule has 0 radical (unpaired) electrons. The summed E-state index contributed by atoms with van der Waals surface area (Å²) >= 11 is 0. The molecular formula is C16H23N7O. The van der Waals surface area contributed by atoms with Gasteiger partial charge in [0, 0.05) is 19.6 Å². The minimum atomic E-state index is -0.0661. The van der Waals surface area contributed by atoms with Gasteiger partial charge in [0.05, 0.1) is 11.9 Å². The molecule has 2 aromatic heterocycles. The Balaban J connectivity index is 1.56. The van der Waals surface area contributed by atoms with E-state index in [2.05, 4.69) is 32.2 Å². The second-order valence-corrected chi connectivity index (χ2v) is 5.86. The number of aromatic nitrogens is 4. The topological polar surface area (TPSA) is 79.2 Å². The van der Waals surface area contributed by atoms with Crippen LogP contribution in [0.15, 0.2) is 31.0 Å². The van der Waals surface area contributed by atoms with Gasteiger partial charge < -0.3 is 15.1 Å². The van der Waals surface area contributed by atoms with E-state index < -0.39 is 0 Å². The van der Waals surface area contributed by atoms with Gasteiger partial charge in [-0.15, -0.1) is 0 Å². The van der Waals surface area contributed by atoms with Crippen molar-refractivity contribution in [1.29, 1.82) is 0 Å². The smallest absolute Gasteiger partial charge is 0.321 e. The molecule has 1 aliphatic rings. The van der Waals surface area contributed by atoms with Crippen LogP contribution in [-0.4, -0.2) is 68.3 Å². The summed E-state index contributed by atoms with van der Waals surface area (Å²) in [5.74, 6) is 0.662. The highest BCUT2D eigenvalue weighted by atomic mass is 16.2. The van der Waals surface area contributed by atoms with Crippen LogP contribution in [0.1, 0.15) is 19.8 Å². The van der Waals surface area contributed by atoms with Gasteiger partial charge in [-0.2, -0.15) is 5.10 Å². The predicted molar refractivity (Wildman–Crippen MR) is 91.1 cm³/mol. The van der Waals surface area contributed by atoms with Crippen molar-refractivity contribution in [3.8, 4) is 5.82 Å². The van der Waals surface area contributed by atoms with E-state index in [-0.39, 0.29) is 6.03 Å². The lowest BCUT2D eigenvalue weighted by Crippen LogP contribution is -2.38. The SMILES string of the molecule is CCCN1CCCN(C(=O)Nc2ccc(-n3cncn3)nc2)CC1. The summed E-state index contributed by atoms with van der Waals surface area (Å²) < 4.78 is 1.57. The molecule has 1 N–H and O–H groups in total. The average molecular weight is 329 g/mol. The average Bonchev–Trinajstić information content (AvgIpc) is 3.03. The van der Waals surface area contributed by atoms with E-state index >= 15 is 0 Å². The van der Waals surface area contributed by atoms with Crippen molar-refractivity contribution in [2.75, 3.05) is 38.0 Å². The van der Waals surface area contributed by atoms with Gasteiger partial charge >= 0.3 is 6.03 Å². The summed E-state index contributed by atoms with van der Waals surface area (Å²) in [4.78, 5) is 24.9. The first-order valence-electron chi connectivity index (χ1n) is 8.35. The van der Waals surface area contributed by atoms with E-state index in [1.165, 1.54) is 6.33 Å². The highest BCUT2D eigenvalue weighted by Crippen LogP contribution is 2.11.